The highest BCUT2D eigenvalue weighted by Crippen LogP contribution is 2.25. The van der Waals surface area contributed by atoms with Gasteiger partial charge in [-0.3, -0.25) is 0 Å². The summed E-state index contributed by atoms with van der Waals surface area (Å²) in [6.45, 7) is 3.40. The summed E-state index contributed by atoms with van der Waals surface area (Å²) >= 11 is 3.45. The van der Waals surface area contributed by atoms with Crippen molar-refractivity contribution in [3.05, 3.63) is 28.7 Å². The molecule has 1 aliphatic rings. The van der Waals surface area contributed by atoms with E-state index in [4.69, 9.17) is 0 Å². The summed E-state index contributed by atoms with van der Waals surface area (Å²) in [5.41, 5.74) is 1.20. The largest absolute Gasteiger partial charge is 0.384 e. The van der Waals surface area contributed by atoms with Crippen LogP contribution in [0.15, 0.2) is 28.7 Å². The zero-order valence-corrected chi connectivity index (χ0v) is 12.7. The Morgan fingerprint density at radius 3 is 2.56 bits per heavy atom. The van der Waals surface area contributed by atoms with Gasteiger partial charge in [0.05, 0.1) is 0 Å². The lowest BCUT2D eigenvalue weighted by molar-refractivity contribution is 0.287. The number of likely N-dealkylation sites (N-methyl/N-ethyl adjacent to an activating group) is 1. The first-order chi connectivity index (χ1) is 8.74. The SMILES string of the molecule is CN(CCNc1ccc(Br)cc1)CC1CCCC1. The smallest absolute Gasteiger partial charge is 0.0341 e. The van der Waals surface area contributed by atoms with Gasteiger partial charge in [0.1, 0.15) is 0 Å². The van der Waals surface area contributed by atoms with E-state index < -0.39 is 0 Å². The molecule has 100 valence electrons. The van der Waals surface area contributed by atoms with Crippen molar-refractivity contribution in [2.24, 2.45) is 5.92 Å². The van der Waals surface area contributed by atoms with Gasteiger partial charge in [0.2, 0.25) is 0 Å². The van der Waals surface area contributed by atoms with E-state index in [1.54, 1.807) is 0 Å². The molecule has 1 fully saturated rings. The van der Waals surface area contributed by atoms with E-state index in [1.807, 2.05) is 0 Å². The number of nitrogens with one attached hydrogen (secondary N) is 1. The van der Waals surface area contributed by atoms with Crippen molar-refractivity contribution in [1.82, 2.24) is 4.90 Å². The third-order valence-electron chi connectivity index (χ3n) is 3.71. The third kappa shape index (κ3) is 4.62. The molecule has 0 spiro atoms. The second-order valence-corrected chi connectivity index (χ2v) is 6.26. The predicted molar refractivity (Wildman–Crippen MR) is 82.1 cm³/mol. The van der Waals surface area contributed by atoms with Gasteiger partial charge in [0, 0.05) is 29.8 Å². The van der Waals surface area contributed by atoms with Crippen LogP contribution in [0.2, 0.25) is 0 Å². The molecule has 1 N–H and O–H groups in total. The monoisotopic (exact) mass is 310 g/mol. The lowest BCUT2D eigenvalue weighted by Crippen LogP contribution is -2.29. The zero-order chi connectivity index (χ0) is 12.8. The Balaban J connectivity index is 1.63. The van der Waals surface area contributed by atoms with Crippen LogP contribution in [-0.2, 0) is 0 Å². The standard InChI is InChI=1S/C15H23BrN2/c1-18(12-13-4-2-3-5-13)11-10-17-15-8-6-14(16)7-9-15/h6-9,13,17H,2-5,10-12H2,1H3. The lowest BCUT2D eigenvalue weighted by atomic mass is 10.1. The molecule has 0 heterocycles. The molecule has 0 saturated heterocycles. The van der Waals surface area contributed by atoms with E-state index in [-0.39, 0.29) is 0 Å². The van der Waals surface area contributed by atoms with Gasteiger partial charge in [-0.1, -0.05) is 28.8 Å². The van der Waals surface area contributed by atoms with E-state index in [0.29, 0.717) is 0 Å². The number of anilines is 1. The van der Waals surface area contributed by atoms with Gasteiger partial charge in [-0.2, -0.15) is 0 Å². The third-order valence-corrected chi connectivity index (χ3v) is 4.24. The van der Waals surface area contributed by atoms with Crippen LogP contribution in [0.3, 0.4) is 0 Å². The van der Waals surface area contributed by atoms with Crippen LogP contribution in [0.5, 0.6) is 0 Å². The van der Waals surface area contributed by atoms with Crippen LogP contribution >= 0.6 is 15.9 Å². The Hall–Kier alpha value is -0.540. The molecule has 2 nitrogen and oxygen atoms in total. The van der Waals surface area contributed by atoms with E-state index in [2.05, 4.69) is 57.5 Å². The van der Waals surface area contributed by atoms with Crippen LogP contribution in [-0.4, -0.2) is 31.6 Å². The average Bonchev–Trinajstić information content (AvgIpc) is 2.84. The van der Waals surface area contributed by atoms with Crippen LogP contribution in [0.25, 0.3) is 0 Å². The van der Waals surface area contributed by atoms with Crippen molar-refractivity contribution >= 4 is 21.6 Å². The van der Waals surface area contributed by atoms with Crippen LogP contribution < -0.4 is 5.32 Å². The maximum absolute atomic E-state index is 3.47. The number of hydrogen-bond donors (Lipinski definition) is 1. The topological polar surface area (TPSA) is 15.3 Å². The summed E-state index contributed by atoms with van der Waals surface area (Å²) in [7, 11) is 2.24. The Bertz CT molecular complexity index is 344. The summed E-state index contributed by atoms with van der Waals surface area (Å²) in [4.78, 5) is 2.46. The summed E-state index contributed by atoms with van der Waals surface area (Å²) in [5, 5.41) is 3.47. The molecule has 0 aliphatic heterocycles. The van der Waals surface area contributed by atoms with Gasteiger partial charge in [0.15, 0.2) is 0 Å². The first-order valence-corrected chi connectivity index (χ1v) is 7.71. The van der Waals surface area contributed by atoms with Gasteiger partial charge in [-0.15, -0.1) is 0 Å². The van der Waals surface area contributed by atoms with E-state index >= 15 is 0 Å². The molecule has 3 heteroatoms. The van der Waals surface area contributed by atoms with Crippen molar-refractivity contribution in [1.29, 1.82) is 0 Å². The first kappa shape index (κ1) is 13.9. The van der Waals surface area contributed by atoms with Crippen molar-refractivity contribution < 1.29 is 0 Å². The van der Waals surface area contributed by atoms with Gasteiger partial charge >= 0.3 is 0 Å². The number of hydrogen-bond acceptors (Lipinski definition) is 2. The van der Waals surface area contributed by atoms with Crippen LogP contribution in [0, 0.1) is 5.92 Å². The molecule has 0 unspecified atom stereocenters. The van der Waals surface area contributed by atoms with Crippen molar-refractivity contribution in [2.75, 3.05) is 32.0 Å². The van der Waals surface area contributed by atoms with Crippen molar-refractivity contribution in [3.8, 4) is 0 Å². The summed E-state index contributed by atoms with van der Waals surface area (Å²) < 4.78 is 1.13. The Kier molecular flexibility index (Phi) is 5.51. The van der Waals surface area contributed by atoms with Crippen LogP contribution in [0.4, 0.5) is 5.69 Å². The fourth-order valence-electron chi connectivity index (χ4n) is 2.68. The highest BCUT2D eigenvalue weighted by molar-refractivity contribution is 9.10. The fourth-order valence-corrected chi connectivity index (χ4v) is 2.95. The summed E-state index contributed by atoms with van der Waals surface area (Å²) in [6, 6.07) is 8.37. The highest BCUT2D eigenvalue weighted by Gasteiger charge is 2.16. The molecule has 0 radical (unpaired) electrons. The van der Waals surface area contributed by atoms with Crippen molar-refractivity contribution in [3.63, 3.8) is 0 Å². The second kappa shape index (κ2) is 7.15. The zero-order valence-electron chi connectivity index (χ0n) is 11.2. The number of nitrogens with zero attached hydrogens (tertiary/aromatic N) is 1. The van der Waals surface area contributed by atoms with E-state index in [0.717, 1.165) is 23.5 Å². The molecule has 0 atom stereocenters. The quantitative estimate of drug-likeness (QED) is 0.855. The predicted octanol–water partition coefficient (Wildman–Crippen LogP) is 3.98. The number of halogens is 1. The van der Waals surface area contributed by atoms with Gasteiger partial charge in [-0.05, 0) is 50.1 Å². The average molecular weight is 311 g/mol. The molecule has 1 aromatic carbocycles. The molecule has 1 aromatic rings. The molecule has 18 heavy (non-hydrogen) atoms. The Morgan fingerprint density at radius 2 is 1.89 bits per heavy atom. The Morgan fingerprint density at radius 1 is 1.22 bits per heavy atom. The maximum atomic E-state index is 3.47. The molecule has 0 amide bonds. The van der Waals surface area contributed by atoms with E-state index in [1.165, 1.54) is 37.9 Å². The summed E-state index contributed by atoms with van der Waals surface area (Å²) in [6.07, 6.45) is 5.75. The first-order valence-electron chi connectivity index (χ1n) is 6.92. The molecule has 0 bridgehead atoms. The minimum Gasteiger partial charge on any atom is -0.384 e. The molecular weight excluding hydrogens is 288 g/mol. The minimum atomic E-state index is 0.947. The highest BCUT2D eigenvalue weighted by atomic mass is 79.9. The Labute approximate surface area is 119 Å². The number of rotatable bonds is 6. The normalized spacial score (nSPS) is 16.4. The molecule has 1 saturated carbocycles. The molecule has 0 aromatic heterocycles. The molecular formula is C15H23BrN2. The minimum absolute atomic E-state index is 0.947. The van der Waals surface area contributed by atoms with Gasteiger partial charge in [-0.25, -0.2) is 0 Å². The van der Waals surface area contributed by atoms with E-state index in [9.17, 15) is 0 Å². The van der Waals surface area contributed by atoms with Gasteiger partial charge < -0.3 is 10.2 Å². The molecule has 2 rings (SSSR count). The number of benzene rings is 1. The second-order valence-electron chi connectivity index (χ2n) is 5.35. The van der Waals surface area contributed by atoms with Crippen LogP contribution in [0.1, 0.15) is 25.7 Å². The van der Waals surface area contributed by atoms with Crippen molar-refractivity contribution in [2.45, 2.75) is 25.7 Å². The van der Waals surface area contributed by atoms with Gasteiger partial charge in [0.25, 0.3) is 0 Å². The molecule has 1 aliphatic carbocycles. The maximum Gasteiger partial charge on any atom is 0.0341 e. The lowest BCUT2D eigenvalue weighted by Gasteiger charge is -2.21. The fraction of sp³-hybridized carbons (Fsp3) is 0.600. The summed E-state index contributed by atoms with van der Waals surface area (Å²) in [5.74, 6) is 0.947.